The highest BCUT2D eigenvalue weighted by molar-refractivity contribution is 6.46. The summed E-state index contributed by atoms with van der Waals surface area (Å²) in [5.74, 6) is -2.24. The van der Waals surface area contributed by atoms with Crippen LogP contribution in [0.4, 0.5) is 4.39 Å². The van der Waals surface area contributed by atoms with E-state index in [1.165, 1.54) is 29.2 Å². The van der Waals surface area contributed by atoms with Crippen molar-refractivity contribution in [1.82, 2.24) is 9.88 Å². The summed E-state index contributed by atoms with van der Waals surface area (Å²) in [5, 5.41) is 10.9. The molecule has 4 rings (SSSR count). The normalized spacial score (nSPS) is 18.1. The molecule has 1 fully saturated rings. The number of hydrogen-bond donors (Lipinski definition) is 1. The number of halogens is 1. The summed E-state index contributed by atoms with van der Waals surface area (Å²) >= 11 is 0. The van der Waals surface area contributed by atoms with Gasteiger partial charge in [0.1, 0.15) is 11.6 Å². The lowest BCUT2D eigenvalue weighted by Crippen LogP contribution is -2.29. The highest BCUT2D eigenvalue weighted by atomic mass is 19.1. The van der Waals surface area contributed by atoms with Gasteiger partial charge in [-0.1, -0.05) is 29.8 Å². The summed E-state index contributed by atoms with van der Waals surface area (Å²) in [4.78, 5) is 31.3. The van der Waals surface area contributed by atoms with Gasteiger partial charge >= 0.3 is 0 Å². The number of rotatable bonds is 4. The van der Waals surface area contributed by atoms with E-state index in [0.717, 1.165) is 11.1 Å². The molecule has 0 radical (unpaired) electrons. The van der Waals surface area contributed by atoms with E-state index < -0.39 is 23.5 Å². The van der Waals surface area contributed by atoms with E-state index in [-0.39, 0.29) is 23.4 Å². The number of aromatic nitrogens is 1. The first-order chi connectivity index (χ1) is 14.5. The number of aliphatic hydroxyl groups excluding tert-OH is 1. The zero-order valence-corrected chi connectivity index (χ0v) is 16.2. The summed E-state index contributed by atoms with van der Waals surface area (Å²) in [6.07, 6.45) is 3.23. The van der Waals surface area contributed by atoms with Crippen molar-refractivity contribution in [1.29, 1.82) is 0 Å². The molecular weight excluding hydrogens is 383 g/mol. The first-order valence-corrected chi connectivity index (χ1v) is 9.45. The zero-order valence-electron chi connectivity index (χ0n) is 16.2. The molecular formula is C24H19FN2O3. The van der Waals surface area contributed by atoms with Gasteiger partial charge in [-0.15, -0.1) is 0 Å². The number of benzene rings is 2. The second kappa shape index (κ2) is 7.91. The molecule has 0 saturated carbocycles. The van der Waals surface area contributed by atoms with Crippen LogP contribution >= 0.6 is 0 Å². The molecule has 6 heteroatoms. The number of likely N-dealkylation sites (tertiary alicyclic amines) is 1. The van der Waals surface area contributed by atoms with Crippen molar-refractivity contribution in [3.63, 3.8) is 0 Å². The molecule has 1 atom stereocenters. The Morgan fingerprint density at radius 3 is 2.27 bits per heavy atom. The van der Waals surface area contributed by atoms with E-state index in [1.807, 2.05) is 31.2 Å². The van der Waals surface area contributed by atoms with Crippen LogP contribution in [0.1, 0.15) is 28.3 Å². The smallest absolute Gasteiger partial charge is 0.295 e. The van der Waals surface area contributed by atoms with Gasteiger partial charge in [-0.25, -0.2) is 4.39 Å². The highest BCUT2D eigenvalue weighted by Gasteiger charge is 2.46. The van der Waals surface area contributed by atoms with E-state index in [9.17, 15) is 19.1 Å². The van der Waals surface area contributed by atoms with Crippen LogP contribution in [0.3, 0.4) is 0 Å². The van der Waals surface area contributed by atoms with Crippen molar-refractivity contribution in [2.75, 3.05) is 0 Å². The van der Waals surface area contributed by atoms with Gasteiger partial charge in [-0.05, 0) is 54.4 Å². The summed E-state index contributed by atoms with van der Waals surface area (Å²) in [6, 6.07) is 15.4. The fraction of sp³-hybridized carbons (Fsp3) is 0.125. The molecule has 1 amide bonds. The van der Waals surface area contributed by atoms with Crippen LogP contribution in [-0.4, -0.2) is 26.7 Å². The molecule has 1 saturated heterocycles. The number of amides is 1. The minimum Gasteiger partial charge on any atom is -0.507 e. The number of Topliss-reactive ketones (excluding diaryl/α,β-unsaturated/α-hetero) is 1. The third kappa shape index (κ3) is 3.59. The van der Waals surface area contributed by atoms with Crippen molar-refractivity contribution in [3.8, 4) is 0 Å². The number of pyridine rings is 1. The summed E-state index contributed by atoms with van der Waals surface area (Å²) in [6.45, 7) is 2.13. The molecule has 2 aromatic carbocycles. The van der Waals surface area contributed by atoms with Gasteiger partial charge in [0, 0.05) is 24.5 Å². The summed E-state index contributed by atoms with van der Waals surface area (Å²) in [7, 11) is 0. The fourth-order valence-electron chi connectivity index (χ4n) is 3.59. The topological polar surface area (TPSA) is 70.5 Å². The minimum absolute atomic E-state index is 0.00971. The Bertz CT molecular complexity index is 1120. The predicted molar refractivity (Wildman–Crippen MR) is 110 cm³/mol. The van der Waals surface area contributed by atoms with E-state index in [2.05, 4.69) is 4.98 Å². The molecule has 3 aromatic rings. The predicted octanol–water partition coefficient (Wildman–Crippen LogP) is 4.15. The lowest BCUT2D eigenvalue weighted by Gasteiger charge is -2.25. The molecule has 2 heterocycles. The third-order valence-electron chi connectivity index (χ3n) is 5.15. The van der Waals surface area contributed by atoms with E-state index in [0.29, 0.717) is 5.56 Å². The first kappa shape index (κ1) is 19.5. The number of nitrogens with zero attached hydrogens (tertiary/aromatic N) is 2. The molecule has 1 aromatic heterocycles. The van der Waals surface area contributed by atoms with Gasteiger partial charge in [0.05, 0.1) is 11.6 Å². The molecule has 0 aliphatic carbocycles. The molecule has 0 spiro atoms. The van der Waals surface area contributed by atoms with Crippen molar-refractivity contribution in [2.24, 2.45) is 0 Å². The van der Waals surface area contributed by atoms with Crippen LogP contribution in [-0.2, 0) is 16.1 Å². The second-order valence-electron chi connectivity index (χ2n) is 7.20. The second-order valence-corrected chi connectivity index (χ2v) is 7.20. The monoisotopic (exact) mass is 402 g/mol. The zero-order chi connectivity index (χ0) is 21.3. The van der Waals surface area contributed by atoms with Crippen LogP contribution < -0.4 is 0 Å². The fourth-order valence-corrected chi connectivity index (χ4v) is 3.59. The number of ketones is 1. The Morgan fingerprint density at radius 2 is 1.63 bits per heavy atom. The molecule has 0 bridgehead atoms. The van der Waals surface area contributed by atoms with Crippen LogP contribution in [0, 0.1) is 12.7 Å². The van der Waals surface area contributed by atoms with Gasteiger partial charge in [0.2, 0.25) is 0 Å². The SMILES string of the molecule is Cc1ccc([C@H]2/C(=C(\O)c3ccc(F)cc3)C(=O)C(=O)N2Cc2ccncc2)cc1. The van der Waals surface area contributed by atoms with Crippen molar-refractivity contribution < 1.29 is 19.1 Å². The van der Waals surface area contributed by atoms with Gasteiger partial charge in [-0.3, -0.25) is 14.6 Å². The van der Waals surface area contributed by atoms with Gasteiger partial charge < -0.3 is 10.0 Å². The molecule has 30 heavy (non-hydrogen) atoms. The maximum Gasteiger partial charge on any atom is 0.295 e. The van der Waals surface area contributed by atoms with E-state index >= 15 is 0 Å². The van der Waals surface area contributed by atoms with Gasteiger partial charge in [-0.2, -0.15) is 0 Å². The standard InChI is InChI=1S/C24H19FN2O3/c1-15-2-4-17(5-3-15)21-20(22(28)18-6-8-19(25)9-7-18)23(29)24(30)27(21)14-16-10-12-26-13-11-16/h2-13,21,28H,14H2,1H3/b22-20+/t21-/m0/s1. The van der Waals surface area contributed by atoms with Crippen molar-refractivity contribution >= 4 is 17.4 Å². The average Bonchev–Trinajstić information content (AvgIpc) is 3.00. The molecule has 1 aliphatic rings. The lowest BCUT2D eigenvalue weighted by molar-refractivity contribution is -0.140. The Kier molecular flexibility index (Phi) is 5.14. The maximum atomic E-state index is 13.3. The molecule has 150 valence electrons. The number of aliphatic hydroxyl groups is 1. The van der Waals surface area contributed by atoms with Crippen LogP contribution in [0.25, 0.3) is 5.76 Å². The summed E-state index contributed by atoms with van der Waals surface area (Å²) in [5.41, 5.74) is 2.81. The van der Waals surface area contributed by atoms with Crippen molar-refractivity contribution in [3.05, 3.63) is 107 Å². The minimum atomic E-state index is -0.767. The third-order valence-corrected chi connectivity index (χ3v) is 5.15. The van der Waals surface area contributed by atoms with Gasteiger partial charge in [0.15, 0.2) is 0 Å². The Morgan fingerprint density at radius 1 is 1.00 bits per heavy atom. The Balaban J connectivity index is 1.85. The quantitative estimate of drug-likeness (QED) is 0.404. The first-order valence-electron chi connectivity index (χ1n) is 9.45. The largest absolute Gasteiger partial charge is 0.507 e. The maximum absolute atomic E-state index is 13.3. The van der Waals surface area contributed by atoms with Crippen LogP contribution in [0.2, 0.25) is 0 Å². The molecule has 5 nitrogen and oxygen atoms in total. The Hall–Kier alpha value is -3.80. The van der Waals surface area contributed by atoms with Crippen LogP contribution in [0.5, 0.6) is 0 Å². The lowest BCUT2D eigenvalue weighted by atomic mass is 9.94. The van der Waals surface area contributed by atoms with Crippen LogP contribution in [0.15, 0.2) is 78.6 Å². The number of carbonyl (C=O) groups is 2. The number of hydrogen-bond acceptors (Lipinski definition) is 4. The molecule has 1 N–H and O–H groups in total. The summed E-state index contributed by atoms with van der Waals surface area (Å²) < 4.78 is 13.3. The Labute approximate surface area is 173 Å². The van der Waals surface area contributed by atoms with E-state index in [4.69, 9.17) is 0 Å². The van der Waals surface area contributed by atoms with Crippen molar-refractivity contribution in [2.45, 2.75) is 19.5 Å². The van der Waals surface area contributed by atoms with E-state index in [1.54, 1.807) is 24.5 Å². The number of aryl methyl sites for hydroxylation is 1. The molecule has 1 aliphatic heterocycles. The van der Waals surface area contributed by atoms with Gasteiger partial charge in [0.25, 0.3) is 11.7 Å². The molecule has 0 unspecified atom stereocenters. The highest BCUT2D eigenvalue weighted by Crippen LogP contribution is 2.40. The number of carbonyl (C=O) groups excluding carboxylic acids is 2. The average molecular weight is 402 g/mol.